The highest BCUT2D eigenvalue weighted by atomic mass is 32.2. The molecule has 1 aliphatic heterocycles. The highest BCUT2D eigenvalue weighted by Crippen LogP contribution is 2.31. The maximum atomic E-state index is 12.0. The average molecular weight is 378 g/mol. The first-order valence-corrected chi connectivity index (χ1v) is 8.91. The van der Waals surface area contributed by atoms with Crippen LogP contribution in [-0.2, 0) is 34.6 Å². The number of hydrogen-bond acceptors (Lipinski definition) is 8. The molecule has 1 amide bonds. The molecule has 2 N–H and O–H groups in total. The van der Waals surface area contributed by atoms with E-state index in [1.807, 2.05) is 0 Å². The Labute approximate surface area is 136 Å². The average Bonchev–Trinajstić information content (AvgIpc) is 2.85. The molecule has 0 radical (unpaired) electrons. The first kappa shape index (κ1) is 18.0. The molecule has 0 saturated carbocycles. The van der Waals surface area contributed by atoms with Crippen molar-refractivity contribution in [2.24, 2.45) is 5.10 Å². The molecule has 130 valence electrons. The highest BCUT2D eigenvalue weighted by Gasteiger charge is 2.34. The molecule has 0 atom stereocenters. The van der Waals surface area contributed by atoms with Crippen LogP contribution in [0.4, 0.5) is 5.69 Å². The Bertz CT molecular complexity index is 963. The van der Waals surface area contributed by atoms with E-state index in [4.69, 9.17) is 4.55 Å². The summed E-state index contributed by atoms with van der Waals surface area (Å²) in [6.07, 6.45) is -0.520. The van der Waals surface area contributed by atoms with Gasteiger partial charge in [0.1, 0.15) is 4.90 Å². The van der Waals surface area contributed by atoms with Gasteiger partial charge in [0.15, 0.2) is 5.71 Å². The maximum Gasteiger partial charge on any atom is 0.354 e. The molecule has 0 aromatic heterocycles. The van der Waals surface area contributed by atoms with Gasteiger partial charge in [-0.1, -0.05) is 0 Å². The van der Waals surface area contributed by atoms with Gasteiger partial charge in [-0.15, -0.1) is 0 Å². The van der Waals surface area contributed by atoms with E-state index in [0.29, 0.717) is 23.2 Å². The summed E-state index contributed by atoms with van der Waals surface area (Å²) in [5.74, 6) is -1.81. The number of carbonyl (C=O) groups excluding carboxylic acids is 2. The van der Waals surface area contributed by atoms with Gasteiger partial charge in [0.05, 0.1) is 24.1 Å². The van der Waals surface area contributed by atoms with E-state index in [1.165, 1.54) is 0 Å². The lowest BCUT2D eigenvalue weighted by Crippen LogP contribution is -2.22. The fourth-order valence-corrected chi connectivity index (χ4v) is 3.04. The van der Waals surface area contributed by atoms with E-state index >= 15 is 0 Å². The zero-order chi connectivity index (χ0) is 18.3. The van der Waals surface area contributed by atoms with E-state index in [2.05, 4.69) is 9.84 Å². The van der Waals surface area contributed by atoms with Crippen LogP contribution < -0.4 is 5.01 Å². The third kappa shape index (κ3) is 3.43. The Hall–Kier alpha value is -2.35. The maximum absolute atomic E-state index is 12.0. The lowest BCUT2D eigenvalue weighted by Gasteiger charge is -2.15. The van der Waals surface area contributed by atoms with E-state index < -0.39 is 54.0 Å². The molecule has 13 heteroatoms. The number of methoxy groups -OCH3 is 1. The second-order valence-corrected chi connectivity index (χ2v) is 7.31. The molecule has 1 aromatic carbocycles. The molecule has 24 heavy (non-hydrogen) atoms. The largest absolute Gasteiger partial charge is 0.464 e. The highest BCUT2D eigenvalue weighted by molar-refractivity contribution is 7.86. The Balaban J connectivity index is 2.69. The number of carbonyl (C=O) groups is 2. The molecule has 0 spiro atoms. The summed E-state index contributed by atoms with van der Waals surface area (Å²) in [5, 5.41) is 4.02. The summed E-state index contributed by atoms with van der Waals surface area (Å²) in [6.45, 7) is 0. The number of anilines is 1. The number of benzene rings is 1. The van der Waals surface area contributed by atoms with Crippen molar-refractivity contribution in [3.8, 4) is 0 Å². The standard InChI is InChI=1S/C11H10N2O9S2/c1-22-11(15)7-5-10(14)13(12-7)8-4-6(23(16,17)18)2-3-9(8)24(19,20)21/h2-4H,5H2,1H3,(H,16,17,18)(H,19,20,21). The molecule has 0 fully saturated rings. The fourth-order valence-electron chi connectivity index (χ4n) is 1.89. The summed E-state index contributed by atoms with van der Waals surface area (Å²) in [5.41, 5.74) is -0.988. The molecule has 2 rings (SSSR count). The van der Waals surface area contributed by atoms with Crippen LogP contribution >= 0.6 is 0 Å². The number of esters is 1. The second-order valence-electron chi connectivity index (χ2n) is 4.50. The van der Waals surface area contributed by atoms with Crippen molar-refractivity contribution in [2.45, 2.75) is 16.2 Å². The van der Waals surface area contributed by atoms with Gasteiger partial charge in [-0.3, -0.25) is 13.9 Å². The van der Waals surface area contributed by atoms with Crippen LogP contribution in [0.2, 0.25) is 0 Å². The monoisotopic (exact) mass is 378 g/mol. The van der Waals surface area contributed by atoms with Crippen molar-refractivity contribution in [1.82, 2.24) is 0 Å². The van der Waals surface area contributed by atoms with Crippen molar-refractivity contribution in [1.29, 1.82) is 0 Å². The summed E-state index contributed by atoms with van der Waals surface area (Å²) >= 11 is 0. The summed E-state index contributed by atoms with van der Waals surface area (Å²) in [7, 11) is -8.54. The number of ether oxygens (including phenoxy) is 1. The number of amides is 1. The number of rotatable bonds is 4. The summed E-state index contributed by atoms with van der Waals surface area (Å²) < 4.78 is 67.9. The van der Waals surface area contributed by atoms with Gasteiger partial charge >= 0.3 is 5.97 Å². The fraction of sp³-hybridized carbons (Fsp3) is 0.182. The van der Waals surface area contributed by atoms with Crippen molar-refractivity contribution in [3.63, 3.8) is 0 Å². The summed E-state index contributed by atoms with van der Waals surface area (Å²) in [4.78, 5) is 21.8. The second kappa shape index (κ2) is 5.94. The molecule has 11 nitrogen and oxygen atoms in total. The molecule has 0 bridgehead atoms. The molecule has 1 heterocycles. The molecular formula is C11H10N2O9S2. The minimum absolute atomic E-state index is 0.346. The Morgan fingerprint density at radius 2 is 1.83 bits per heavy atom. The number of nitrogens with zero attached hydrogens (tertiary/aromatic N) is 2. The van der Waals surface area contributed by atoms with Gasteiger partial charge in [-0.2, -0.15) is 26.9 Å². The quantitative estimate of drug-likeness (QED) is 0.515. The Morgan fingerprint density at radius 1 is 1.21 bits per heavy atom. The zero-order valence-electron chi connectivity index (χ0n) is 11.9. The van der Waals surface area contributed by atoms with Crippen molar-refractivity contribution in [2.75, 3.05) is 12.1 Å². The topological polar surface area (TPSA) is 168 Å². The van der Waals surface area contributed by atoms with Crippen molar-refractivity contribution in [3.05, 3.63) is 18.2 Å². The Morgan fingerprint density at radius 3 is 2.33 bits per heavy atom. The lowest BCUT2D eigenvalue weighted by molar-refractivity contribution is -0.133. The van der Waals surface area contributed by atoms with Crippen LogP contribution in [0.3, 0.4) is 0 Å². The normalized spacial score (nSPS) is 15.4. The molecule has 1 aliphatic rings. The van der Waals surface area contributed by atoms with Crippen LogP contribution in [0.5, 0.6) is 0 Å². The molecular weight excluding hydrogens is 368 g/mol. The van der Waals surface area contributed by atoms with E-state index in [0.717, 1.165) is 7.11 Å². The van der Waals surface area contributed by atoms with E-state index in [9.17, 15) is 31.0 Å². The first-order valence-electron chi connectivity index (χ1n) is 6.03. The third-order valence-corrected chi connectivity index (χ3v) is 4.68. The van der Waals surface area contributed by atoms with Crippen molar-refractivity contribution >= 4 is 43.5 Å². The van der Waals surface area contributed by atoms with Gasteiger partial charge < -0.3 is 4.74 Å². The van der Waals surface area contributed by atoms with Gasteiger partial charge in [0.2, 0.25) is 0 Å². The number of hydrazone groups is 1. The van der Waals surface area contributed by atoms with E-state index in [1.54, 1.807) is 0 Å². The van der Waals surface area contributed by atoms with Gasteiger partial charge in [0.25, 0.3) is 26.1 Å². The van der Waals surface area contributed by atoms with Crippen molar-refractivity contribution < 1.29 is 40.3 Å². The summed E-state index contributed by atoms with van der Waals surface area (Å²) in [6, 6.07) is 2.01. The van der Waals surface area contributed by atoms with Gasteiger partial charge in [-0.25, -0.2) is 4.79 Å². The molecule has 1 aromatic rings. The van der Waals surface area contributed by atoms with Gasteiger partial charge in [0, 0.05) is 0 Å². The smallest absolute Gasteiger partial charge is 0.354 e. The predicted octanol–water partition coefficient (Wildman–Crippen LogP) is -0.554. The molecule has 0 saturated heterocycles. The molecule has 0 aliphatic carbocycles. The van der Waals surface area contributed by atoms with Crippen LogP contribution in [0.15, 0.2) is 33.1 Å². The Kier molecular flexibility index (Phi) is 4.45. The minimum atomic E-state index is -4.86. The van der Waals surface area contributed by atoms with E-state index in [-0.39, 0.29) is 5.71 Å². The van der Waals surface area contributed by atoms with Crippen LogP contribution in [0, 0.1) is 0 Å². The number of hydrogen-bond donors (Lipinski definition) is 2. The van der Waals surface area contributed by atoms with Crippen LogP contribution in [0.25, 0.3) is 0 Å². The first-order chi connectivity index (χ1) is 10.9. The van der Waals surface area contributed by atoms with Gasteiger partial charge in [-0.05, 0) is 18.2 Å². The predicted molar refractivity (Wildman–Crippen MR) is 77.6 cm³/mol. The zero-order valence-corrected chi connectivity index (χ0v) is 13.5. The molecule has 0 unspecified atom stereocenters. The minimum Gasteiger partial charge on any atom is -0.464 e. The SMILES string of the molecule is COC(=O)C1=NN(c2cc(S(=O)(=O)O)ccc2S(=O)(=O)O)C(=O)C1. The van der Waals surface area contributed by atoms with Crippen LogP contribution in [-0.4, -0.2) is 50.6 Å². The lowest BCUT2D eigenvalue weighted by atomic mass is 10.2. The third-order valence-electron chi connectivity index (χ3n) is 2.93. The van der Waals surface area contributed by atoms with Crippen LogP contribution in [0.1, 0.15) is 6.42 Å².